The predicted molar refractivity (Wildman–Crippen MR) is 60.0 cm³/mol. The van der Waals surface area contributed by atoms with Crippen molar-refractivity contribution in [3.63, 3.8) is 0 Å². The fraction of sp³-hybridized carbons (Fsp3) is 0.500. The minimum Gasteiger partial charge on any atom is -0.361 e. The van der Waals surface area contributed by atoms with Crippen LogP contribution < -0.4 is 4.90 Å². The highest BCUT2D eigenvalue weighted by Crippen LogP contribution is 2.21. The van der Waals surface area contributed by atoms with Crippen LogP contribution in [0, 0.1) is 0 Å². The van der Waals surface area contributed by atoms with Gasteiger partial charge in [0.2, 0.25) is 0 Å². The molecular weight excluding hydrogens is 190 g/mol. The van der Waals surface area contributed by atoms with E-state index in [4.69, 9.17) is 0 Å². The number of imidazole rings is 1. The van der Waals surface area contributed by atoms with Crippen LogP contribution in [-0.4, -0.2) is 33.6 Å². The second-order valence-electron chi connectivity index (χ2n) is 4.01. The molecule has 0 saturated heterocycles. The van der Waals surface area contributed by atoms with Crippen LogP contribution in [-0.2, 0) is 0 Å². The van der Waals surface area contributed by atoms with E-state index < -0.39 is 0 Å². The fourth-order valence-electron chi connectivity index (χ4n) is 1.54. The summed E-state index contributed by atoms with van der Waals surface area (Å²) in [5, 5.41) is 0. The van der Waals surface area contributed by atoms with Gasteiger partial charge in [-0.15, -0.1) is 0 Å². The first-order valence-corrected chi connectivity index (χ1v) is 4.96. The quantitative estimate of drug-likeness (QED) is 0.745. The molecule has 5 nitrogen and oxygen atoms in total. The first kappa shape index (κ1) is 9.89. The maximum absolute atomic E-state index is 4.36. The van der Waals surface area contributed by atoms with Gasteiger partial charge in [0, 0.05) is 20.1 Å². The molecule has 0 amide bonds. The Labute approximate surface area is 88.8 Å². The van der Waals surface area contributed by atoms with Gasteiger partial charge < -0.3 is 9.47 Å². The van der Waals surface area contributed by atoms with E-state index in [2.05, 4.69) is 28.8 Å². The minimum absolute atomic E-state index is 0.361. The highest BCUT2D eigenvalue weighted by Gasteiger charge is 2.12. The molecule has 0 N–H and O–H groups in total. The van der Waals surface area contributed by atoms with Crippen molar-refractivity contribution >= 4 is 17.0 Å². The third-order valence-corrected chi connectivity index (χ3v) is 2.32. The molecular formula is C10H15N5. The van der Waals surface area contributed by atoms with Crippen molar-refractivity contribution in [2.75, 3.05) is 19.0 Å². The van der Waals surface area contributed by atoms with Crippen molar-refractivity contribution in [3.8, 4) is 0 Å². The first-order valence-electron chi connectivity index (χ1n) is 4.96. The standard InChI is InChI=1S/C10H15N5/c1-7(2)15-6-13-8-9(14(3)4)11-5-12-10(8)15/h5-7H,1-4H3. The van der Waals surface area contributed by atoms with E-state index in [1.54, 1.807) is 6.33 Å². The molecule has 0 atom stereocenters. The van der Waals surface area contributed by atoms with E-state index in [1.165, 1.54) is 0 Å². The molecule has 0 radical (unpaired) electrons. The lowest BCUT2D eigenvalue weighted by atomic mass is 10.4. The molecule has 0 bridgehead atoms. The summed E-state index contributed by atoms with van der Waals surface area (Å²) in [7, 11) is 3.91. The van der Waals surface area contributed by atoms with Crippen molar-refractivity contribution in [3.05, 3.63) is 12.7 Å². The molecule has 0 aromatic carbocycles. The van der Waals surface area contributed by atoms with Gasteiger partial charge >= 0.3 is 0 Å². The maximum Gasteiger partial charge on any atom is 0.165 e. The van der Waals surface area contributed by atoms with Crippen LogP contribution in [0.2, 0.25) is 0 Å². The van der Waals surface area contributed by atoms with Crippen molar-refractivity contribution in [1.29, 1.82) is 0 Å². The van der Waals surface area contributed by atoms with Crippen LogP contribution in [0.15, 0.2) is 12.7 Å². The van der Waals surface area contributed by atoms with Crippen LogP contribution in [0.5, 0.6) is 0 Å². The van der Waals surface area contributed by atoms with E-state index in [0.717, 1.165) is 17.0 Å². The zero-order valence-electron chi connectivity index (χ0n) is 9.47. The van der Waals surface area contributed by atoms with Gasteiger partial charge in [0.1, 0.15) is 6.33 Å². The van der Waals surface area contributed by atoms with Gasteiger partial charge in [-0.2, -0.15) is 0 Å². The van der Waals surface area contributed by atoms with Gasteiger partial charge in [-0.05, 0) is 13.8 Å². The van der Waals surface area contributed by atoms with E-state index in [1.807, 2.05) is 29.9 Å². The second kappa shape index (κ2) is 3.49. The van der Waals surface area contributed by atoms with E-state index >= 15 is 0 Å². The summed E-state index contributed by atoms with van der Waals surface area (Å²) in [6.07, 6.45) is 3.40. The van der Waals surface area contributed by atoms with Gasteiger partial charge in [0.25, 0.3) is 0 Å². The Balaban J connectivity index is 2.69. The van der Waals surface area contributed by atoms with Gasteiger partial charge in [-0.1, -0.05) is 0 Å². The SMILES string of the molecule is CC(C)n1cnc2c(N(C)C)ncnc21. The van der Waals surface area contributed by atoms with E-state index in [9.17, 15) is 0 Å². The molecule has 2 heterocycles. The molecule has 0 saturated carbocycles. The molecule has 15 heavy (non-hydrogen) atoms. The zero-order valence-corrected chi connectivity index (χ0v) is 9.47. The van der Waals surface area contributed by atoms with Crippen LogP contribution in [0.3, 0.4) is 0 Å². The first-order chi connectivity index (χ1) is 7.11. The summed E-state index contributed by atoms with van der Waals surface area (Å²) < 4.78 is 2.05. The number of nitrogens with zero attached hydrogens (tertiary/aromatic N) is 5. The number of hydrogen-bond acceptors (Lipinski definition) is 4. The third kappa shape index (κ3) is 1.54. The van der Waals surface area contributed by atoms with Crippen molar-refractivity contribution in [1.82, 2.24) is 19.5 Å². The molecule has 5 heteroatoms. The Hall–Kier alpha value is -1.65. The molecule has 0 aliphatic heterocycles. The third-order valence-electron chi connectivity index (χ3n) is 2.32. The zero-order chi connectivity index (χ0) is 11.0. The van der Waals surface area contributed by atoms with Crippen LogP contribution in [0.4, 0.5) is 5.82 Å². The summed E-state index contributed by atoms with van der Waals surface area (Å²) in [4.78, 5) is 14.8. The van der Waals surface area contributed by atoms with Crippen LogP contribution in [0.25, 0.3) is 11.2 Å². The number of rotatable bonds is 2. The smallest absolute Gasteiger partial charge is 0.165 e. The Morgan fingerprint density at radius 3 is 2.53 bits per heavy atom. The lowest BCUT2D eigenvalue weighted by Crippen LogP contribution is -2.11. The van der Waals surface area contributed by atoms with Crippen molar-refractivity contribution in [2.45, 2.75) is 19.9 Å². The highest BCUT2D eigenvalue weighted by molar-refractivity contribution is 5.83. The number of hydrogen-bond donors (Lipinski definition) is 0. The molecule has 0 aliphatic rings. The van der Waals surface area contributed by atoms with Gasteiger partial charge in [-0.3, -0.25) is 0 Å². The summed E-state index contributed by atoms with van der Waals surface area (Å²) in [6, 6.07) is 0.361. The molecule has 2 aromatic rings. The fourth-order valence-corrected chi connectivity index (χ4v) is 1.54. The molecule has 0 aliphatic carbocycles. The Morgan fingerprint density at radius 1 is 1.20 bits per heavy atom. The largest absolute Gasteiger partial charge is 0.361 e. The van der Waals surface area contributed by atoms with Crippen molar-refractivity contribution < 1.29 is 0 Å². The molecule has 0 spiro atoms. The summed E-state index contributed by atoms with van der Waals surface area (Å²) in [5.41, 5.74) is 1.75. The van der Waals surface area contributed by atoms with E-state index in [-0.39, 0.29) is 0 Å². The van der Waals surface area contributed by atoms with Gasteiger partial charge in [0.15, 0.2) is 17.0 Å². The lowest BCUT2D eigenvalue weighted by Gasteiger charge is -2.11. The van der Waals surface area contributed by atoms with Gasteiger partial charge in [-0.25, -0.2) is 15.0 Å². The number of fused-ring (bicyclic) bond motifs is 1. The molecule has 80 valence electrons. The highest BCUT2D eigenvalue weighted by atomic mass is 15.2. The Bertz CT molecular complexity index is 472. The minimum atomic E-state index is 0.361. The van der Waals surface area contributed by atoms with E-state index in [0.29, 0.717) is 6.04 Å². The average Bonchev–Trinajstić information content (AvgIpc) is 2.59. The topological polar surface area (TPSA) is 46.8 Å². The monoisotopic (exact) mass is 205 g/mol. The van der Waals surface area contributed by atoms with Crippen LogP contribution in [0.1, 0.15) is 19.9 Å². The molecule has 2 rings (SSSR count). The summed E-state index contributed by atoms with van der Waals surface area (Å²) in [6.45, 7) is 4.22. The summed E-state index contributed by atoms with van der Waals surface area (Å²) in [5.74, 6) is 0.861. The molecule has 0 unspecified atom stereocenters. The van der Waals surface area contributed by atoms with Crippen LogP contribution >= 0.6 is 0 Å². The molecule has 0 fully saturated rings. The Kier molecular flexibility index (Phi) is 2.30. The Morgan fingerprint density at radius 2 is 1.93 bits per heavy atom. The maximum atomic E-state index is 4.36. The molecule has 2 aromatic heterocycles. The lowest BCUT2D eigenvalue weighted by molar-refractivity contribution is 0.612. The predicted octanol–water partition coefficient (Wildman–Crippen LogP) is 1.47. The van der Waals surface area contributed by atoms with Crippen molar-refractivity contribution in [2.24, 2.45) is 0 Å². The number of aromatic nitrogens is 4. The number of anilines is 1. The average molecular weight is 205 g/mol. The summed E-state index contributed by atoms with van der Waals surface area (Å²) >= 11 is 0. The second-order valence-corrected chi connectivity index (χ2v) is 4.01. The normalized spacial score (nSPS) is 11.3. The van der Waals surface area contributed by atoms with Gasteiger partial charge in [0.05, 0.1) is 6.33 Å².